The molecule has 1 aromatic carbocycles. The highest BCUT2D eigenvalue weighted by atomic mass is 16.5. The molecule has 0 bridgehead atoms. The summed E-state index contributed by atoms with van der Waals surface area (Å²) >= 11 is 0. The fourth-order valence-electron chi connectivity index (χ4n) is 3.08. The average molecular weight is 332 g/mol. The molecule has 2 rings (SSSR count). The molecule has 0 spiro atoms. The number of carbonyl (C=O) groups is 2. The number of likely N-dealkylation sites (tertiary alicyclic amines) is 1. The number of Topliss-reactive ketones (excluding diaryl/α,β-unsaturated/α-hetero) is 1. The second-order valence-electron chi connectivity index (χ2n) is 6.37. The Morgan fingerprint density at radius 1 is 1.21 bits per heavy atom. The molecular formula is C19H28N2O3. The highest BCUT2D eigenvalue weighted by Gasteiger charge is 2.12. The van der Waals surface area contributed by atoms with Crippen LogP contribution in [0.5, 0.6) is 5.75 Å². The Bertz CT molecular complexity index is 566. The third-order valence-electron chi connectivity index (χ3n) is 4.46. The first-order valence-corrected chi connectivity index (χ1v) is 8.77. The largest absolute Gasteiger partial charge is 0.496 e. The summed E-state index contributed by atoms with van der Waals surface area (Å²) in [5.74, 6) is 0.594. The topological polar surface area (TPSA) is 58.6 Å². The molecule has 1 heterocycles. The molecule has 1 N–H and O–H groups in total. The number of piperidine rings is 1. The van der Waals surface area contributed by atoms with Gasteiger partial charge in [-0.2, -0.15) is 0 Å². The predicted molar refractivity (Wildman–Crippen MR) is 94.6 cm³/mol. The highest BCUT2D eigenvalue weighted by molar-refractivity contribution is 5.94. The maximum absolute atomic E-state index is 12.1. The SMILES string of the molecule is COc1ccc(C(C)=O)cc1CC(=O)NCCCN1CCCCC1. The number of benzene rings is 1. The molecule has 132 valence electrons. The van der Waals surface area contributed by atoms with Gasteiger partial charge in [0.15, 0.2) is 5.78 Å². The lowest BCUT2D eigenvalue weighted by molar-refractivity contribution is -0.120. The second kappa shape index (κ2) is 9.42. The van der Waals surface area contributed by atoms with Crippen LogP contribution in [0.15, 0.2) is 18.2 Å². The maximum atomic E-state index is 12.1. The molecule has 0 aromatic heterocycles. The van der Waals surface area contributed by atoms with E-state index in [9.17, 15) is 9.59 Å². The van der Waals surface area contributed by atoms with Crippen LogP contribution >= 0.6 is 0 Å². The van der Waals surface area contributed by atoms with Crippen molar-refractivity contribution in [3.63, 3.8) is 0 Å². The Balaban J connectivity index is 1.78. The van der Waals surface area contributed by atoms with Gasteiger partial charge in [0.25, 0.3) is 0 Å². The van der Waals surface area contributed by atoms with E-state index in [-0.39, 0.29) is 18.1 Å². The summed E-state index contributed by atoms with van der Waals surface area (Å²) < 4.78 is 5.29. The first-order valence-electron chi connectivity index (χ1n) is 8.77. The van der Waals surface area contributed by atoms with Crippen molar-refractivity contribution in [1.82, 2.24) is 10.2 Å². The van der Waals surface area contributed by atoms with Crippen LogP contribution in [0, 0.1) is 0 Å². The zero-order valence-corrected chi connectivity index (χ0v) is 14.8. The van der Waals surface area contributed by atoms with Gasteiger partial charge in [0.1, 0.15) is 5.75 Å². The highest BCUT2D eigenvalue weighted by Crippen LogP contribution is 2.20. The smallest absolute Gasteiger partial charge is 0.224 e. The number of nitrogens with zero attached hydrogens (tertiary/aromatic N) is 1. The number of nitrogens with one attached hydrogen (secondary N) is 1. The van der Waals surface area contributed by atoms with Gasteiger partial charge in [0.05, 0.1) is 13.5 Å². The van der Waals surface area contributed by atoms with Crippen molar-refractivity contribution < 1.29 is 14.3 Å². The number of amides is 1. The van der Waals surface area contributed by atoms with Crippen LogP contribution in [0.2, 0.25) is 0 Å². The Labute approximate surface area is 144 Å². The molecule has 24 heavy (non-hydrogen) atoms. The lowest BCUT2D eigenvalue weighted by Crippen LogP contribution is -2.33. The van der Waals surface area contributed by atoms with Gasteiger partial charge in [-0.25, -0.2) is 0 Å². The van der Waals surface area contributed by atoms with Crippen molar-refractivity contribution in [2.75, 3.05) is 33.3 Å². The molecule has 0 unspecified atom stereocenters. The lowest BCUT2D eigenvalue weighted by Gasteiger charge is -2.26. The summed E-state index contributed by atoms with van der Waals surface area (Å²) in [7, 11) is 1.57. The second-order valence-corrected chi connectivity index (χ2v) is 6.37. The molecule has 0 radical (unpaired) electrons. The Kier molecular flexibility index (Phi) is 7.25. The van der Waals surface area contributed by atoms with Crippen molar-refractivity contribution in [2.45, 2.75) is 39.0 Å². The maximum Gasteiger partial charge on any atom is 0.224 e. The van der Waals surface area contributed by atoms with E-state index in [4.69, 9.17) is 4.74 Å². The van der Waals surface area contributed by atoms with Crippen molar-refractivity contribution in [2.24, 2.45) is 0 Å². The molecule has 1 aliphatic heterocycles. The number of hydrogen-bond donors (Lipinski definition) is 1. The van der Waals surface area contributed by atoms with E-state index in [1.54, 1.807) is 25.3 Å². The minimum absolute atomic E-state index is 0.0131. The van der Waals surface area contributed by atoms with Gasteiger partial charge in [-0.1, -0.05) is 6.42 Å². The zero-order valence-electron chi connectivity index (χ0n) is 14.8. The van der Waals surface area contributed by atoms with Crippen LogP contribution in [-0.4, -0.2) is 49.9 Å². The fourth-order valence-corrected chi connectivity index (χ4v) is 3.08. The van der Waals surface area contributed by atoms with Gasteiger partial charge in [-0.3, -0.25) is 9.59 Å². The van der Waals surface area contributed by atoms with Crippen LogP contribution in [0.1, 0.15) is 48.5 Å². The van der Waals surface area contributed by atoms with Gasteiger partial charge in [-0.05, 0) is 64.0 Å². The molecule has 0 aliphatic carbocycles. The van der Waals surface area contributed by atoms with Gasteiger partial charge in [-0.15, -0.1) is 0 Å². The summed E-state index contributed by atoms with van der Waals surface area (Å²) in [6, 6.07) is 5.21. The monoisotopic (exact) mass is 332 g/mol. The normalized spacial score (nSPS) is 15.1. The van der Waals surface area contributed by atoms with Gasteiger partial charge >= 0.3 is 0 Å². The minimum atomic E-state index is -0.0346. The number of ether oxygens (including phenoxy) is 1. The van der Waals surface area contributed by atoms with E-state index in [2.05, 4.69) is 10.2 Å². The Morgan fingerprint density at radius 2 is 1.96 bits per heavy atom. The summed E-state index contributed by atoms with van der Waals surface area (Å²) in [6.45, 7) is 5.62. The van der Waals surface area contributed by atoms with Crippen LogP contribution in [0.25, 0.3) is 0 Å². The van der Waals surface area contributed by atoms with E-state index < -0.39 is 0 Å². The Hall–Kier alpha value is -1.88. The van der Waals surface area contributed by atoms with Crippen molar-refractivity contribution in [3.05, 3.63) is 29.3 Å². The van der Waals surface area contributed by atoms with Gasteiger partial charge < -0.3 is 15.0 Å². The van der Waals surface area contributed by atoms with Crippen LogP contribution in [0.3, 0.4) is 0 Å². The summed E-state index contributed by atoms with van der Waals surface area (Å²) in [5, 5.41) is 2.96. The average Bonchev–Trinajstić information content (AvgIpc) is 2.59. The molecule has 5 heteroatoms. The molecule has 1 fully saturated rings. The van der Waals surface area contributed by atoms with Crippen molar-refractivity contribution >= 4 is 11.7 Å². The summed E-state index contributed by atoms with van der Waals surface area (Å²) in [4.78, 5) is 26.1. The summed E-state index contributed by atoms with van der Waals surface area (Å²) in [6.07, 6.45) is 5.12. The quantitative estimate of drug-likeness (QED) is 0.587. The first kappa shape index (κ1) is 18.5. The molecule has 1 saturated heterocycles. The number of rotatable bonds is 8. The zero-order chi connectivity index (χ0) is 17.4. The molecule has 5 nitrogen and oxygen atoms in total. The molecule has 1 aliphatic rings. The number of ketones is 1. The molecule has 0 atom stereocenters. The Morgan fingerprint density at radius 3 is 2.62 bits per heavy atom. The molecular weight excluding hydrogens is 304 g/mol. The van der Waals surface area contributed by atoms with Crippen LogP contribution in [0.4, 0.5) is 0 Å². The predicted octanol–water partition coefficient (Wildman–Crippen LogP) is 2.43. The number of hydrogen-bond acceptors (Lipinski definition) is 4. The third-order valence-corrected chi connectivity index (χ3v) is 4.46. The minimum Gasteiger partial charge on any atom is -0.496 e. The van der Waals surface area contributed by atoms with E-state index >= 15 is 0 Å². The van der Waals surface area contributed by atoms with E-state index in [1.807, 2.05) is 0 Å². The van der Waals surface area contributed by atoms with Crippen LogP contribution in [-0.2, 0) is 11.2 Å². The van der Waals surface area contributed by atoms with E-state index in [1.165, 1.54) is 39.3 Å². The molecule has 1 aromatic rings. The van der Waals surface area contributed by atoms with E-state index in [0.717, 1.165) is 18.5 Å². The van der Waals surface area contributed by atoms with E-state index in [0.29, 0.717) is 17.9 Å². The van der Waals surface area contributed by atoms with Crippen molar-refractivity contribution in [1.29, 1.82) is 0 Å². The van der Waals surface area contributed by atoms with Crippen LogP contribution < -0.4 is 10.1 Å². The fraction of sp³-hybridized carbons (Fsp3) is 0.579. The summed E-state index contributed by atoms with van der Waals surface area (Å²) in [5.41, 5.74) is 1.35. The lowest BCUT2D eigenvalue weighted by atomic mass is 10.0. The van der Waals surface area contributed by atoms with Crippen molar-refractivity contribution in [3.8, 4) is 5.75 Å². The third kappa shape index (κ3) is 5.64. The van der Waals surface area contributed by atoms with Gasteiger partial charge in [0, 0.05) is 17.7 Å². The van der Waals surface area contributed by atoms with Gasteiger partial charge in [0.2, 0.25) is 5.91 Å². The molecule has 1 amide bonds. The first-order chi connectivity index (χ1) is 11.6. The number of carbonyl (C=O) groups excluding carboxylic acids is 2. The number of methoxy groups -OCH3 is 1. The standard InChI is InChI=1S/C19H28N2O3/c1-15(22)16-7-8-18(24-2)17(13-16)14-19(23)20-9-6-12-21-10-4-3-5-11-21/h7-8,13H,3-6,9-12,14H2,1-2H3,(H,20,23). The molecule has 0 saturated carbocycles.